The largest absolute Gasteiger partial charge is 0.175 e. The highest BCUT2D eigenvalue weighted by molar-refractivity contribution is 7.80. The molecule has 0 amide bonds. The van der Waals surface area contributed by atoms with Crippen LogP contribution in [0.15, 0.2) is 36.0 Å². The predicted octanol–water partition coefficient (Wildman–Crippen LogP) is 3.38. The van der Waals surface area contributed by atoms with Crippen LogP contribution in [0.3, 0.4) is 0 Å². The molecule has 0 saturated heterocycles. The van der Waals surface area contributed by atoms with Crippen molar-refractivity contribution in [2.45, 2.75) is 20.3 Å². The highest BCUT2D eigenvalue weighted by Crippen LogP contribution is 2.07. The van der Waals surface area contributed by atoms with E-state index < -0.39 is 0 Å². The summed E-state index contributed by atoms with van der Waals surface area (Å²) < 4.78 is 0. The average molecular weight is 168 g/mol. The van der Waals surface area contributed by atoms with Gasteiger partial charge in [-0.3, -0.25) is 0 Å². The summed E-state index contributed by atoms with van der Waals surface area (Å²) in [6, 6.07) is 0. The summed E-state index contributed by atoms with van der Waals surface area (Å²) in [5.41, 5.74) is 1.38. The topological polar surface area (TPSA) is 0 Å². The van der Waals surface area contributed by atoms with Gasteiger partial charge < -0.3 is 0 Å². The second-order valence-corrected chi connectivity index (χ2v) is 2.32. The van der Waals surface area contributed by atoms with E-state index in [0.717, 1.165) is 12.2 Å². The summed E-state index contributed by atoms with van der Waals surface area (Å²) in [6.45, 7) is 4.00. The fourth-order valence-electron chi connectivity index (χ4n) is 0.739. The van der Waals surface area contributed by atoms with Gasteiger partial charge >= 0.3 is 0 Å². The molecule has 0 unspecified atom stereocenters. The Morgan fingerprint density at radius 3 is 2.64 bits per heavy atom. The summed E-state index contributed by atoms with van der Waals surface area (Å²) in [7, 11) is 0. The molecule has 0 aliphatic heterocycles. The van der Waals surface area contributed by atoms with Gasteiger partial charge in [0.1, 0.15) is 0 Å². The van der Waals surface area contributed by atoms with E-state index in [0.29, 0.717) is 0 Å². The van der Waals surface area contributed by atoms with Crippen molar-refractivity contribution in [2.24, 2.45) is 0 Å². The Kier molecular flexibility index (Phi) is 7.37. The van der Waals surface area contributed by atoms with Gasteiger partial charge in [0.15, 0.2) is 0 Å². The molecule has 0 spiro atoms. The van der Waals surface area contributed by atoms with Crippen LogP contribution in [0, 0.1) is 0 Å². The highest BCUT2D eigenvalue weighted by Gasteiger charge is 1.89. The number of thiol groups is 1. The maximum absolute atomic E-state index is 4.18. The predicted molar refractivity (Wildman–Crippen MR) is 56.2 cm³/mol. The average Bonchev–Trinajstić information content (AvgIpc) is 2.35. The molecule has 0 aromatic rings. The molecule has 0 fully saturated rings. The molecule has 0 atom stereocenters. The Balaban J connectivity index is 0.000000461. The van der Waals surface area contributed by atoms with Crippen molar-refractivity contribution in [1.29, 1.82) is 0 Å². The zero-order valence-electron chi connectivity index (χ0n) is 7.25. The molecule has 0 nitrogen and oxygen atoms in total. The molecule has 1 heteroatoms. The first-order valence-corrected chi connectivity index (χ1v) is 4.69. The first-order valence-electron chi connectivity index (χ1n) is 4.05. The van der Waals surface area contributed by atoms with Crippen LogP contribution in [0.2, 0.25) is 0 Å². The summed E-state index contributed by atoms with van der Waals surface area (Å²) in [4.78, 5) is 0. The third-order valence-corrected chi connectivity index (χ3v) is 1.68. The van der Waals surface area contributed by atoms with E-state index in [-0.39, 0.29) is 0 Å². The quantitative estimate of drug-likeness (QED) is 0.570. The van der Waals surface area contributed by atoms with Crippen molar-refractivity contribution in [3.05, 3.63) is 36.0 Å². The number of hydrogen-bond donors (Lipinski definition) is 1. The molecule has 0 heterocycles. The van der Waals surface area contributed by atoms with Gasteiger partial charge in [0.2, 0.25) is 0 Å². The molecule has 11 heavy (non-hydrogen) atoms. The van der Waals surface area contributed by atoms with Crippen molar-refractivity contribution in [2.75, 3.05) is 5.75 Å². The van der Waals surface area contributed by atoms with Crippen LogP contribution < -0.4 is 0 Å². The minimum atomic E-state index is 0.870. The molecule has 1 rings (SSSR count). The zero-order valence-corrected chi connectivity index (χ0v) is 8.14. The Morgan fingerprint density at radius 2 is 2.00 bits per heavy atom. The lowest BCUT2D eigenvalue weighted by Gasteiger charge is -1.93. The van der Waals surface area contributed by atoms with E-state index in [1.165, 1.54) is 5.57 Å². The van der Waals surface area contributed by atoms with Gasteiger partial charge in [0.25, 0.3) is 0 Å². The molecule has 0 N–H and O–H groups in total. The lowest BCUT2D eigenvalue weighted by molar-refractivity contribution is 1.23. The van der Waals surface area contributed by atoms with Crippen LogP contribution in [-0.4, -0.2) is 5.75 Å². The van der Waals surface area contributed by atoms with Gasteiger partial charge in [-0.2, -0.15) is 12.6 Å². The molecule has 0 saturated carbocycles. The lowest BCUT2D eigenvalue weighted by Crippen LogP contribution is -1.79. The summed E-state index contributed by atoms with van der Waals surface area (Å²) in [5.74, 6) is 0.870. The monoisotopic (exact) mass is 168 g/mol. The van der Waals surface area contributed by atoms with E-state index >= 15 is 0 Å². The van der Waals surface area contributed by atoms with Gasteiger partial charge in [-0.15, -0.1) is 0 Å². The van der Waals surface area contributed by atoms with Crippen LogP contribution in [0.1, 0.15) is 20.3 Å². The minimum Gasteiger partial charge on any atom is -0.175 e. The van der Waals surface area contributed by atoms with Gasteiger partial charge in [0.05, 0.1) is 0 Å². The molecule has 0 aromatic carbocycles. The minimum absolute atomic E-state index is 0.870. The van der Waals surface area contributed by atoms with Crippen LogP contribution in [0.5, 0.6) is 0 Å². The van der Waals surface area contributed by atoms with Crippen molar-refractivity contribution in [3.8, 4) is 0 Å². The number of allylic oxidation sites excluding steroid dienone is 5. The van der Waals surface area contributed by atoms with E-state index in [4.69, 9.17) is 0 Å². The van der Waals surface area contributed by atoms with E-state index in [1.54, 1.807) is 0 Å². The first-order chi connectivity index (χ1) is 5.43. The Bertz CT molecular complexity index is 164. The maximum Gasteiger partial charge on any atom is 0.0119 e. The third kappa shape index (κ3) is 4.91. The van der Waals surface area contributed by atoms with E-state index in [9.17, 15) is 0 Å². The fraction of sp³-hybridized carbons (Fsp3) is 0.400. The van der Waals surface area contributed by atoms with Gasteiger partial charge in [-0.05, 0) is 6.42 Å². The first kappa shape index (κ1) is 10.6. The van der Waals surface area contributed by atoms with Crippen LogP contribution >= 0.6 is 12.6 Å². The highest BCUT2D eigenvalue weighted by atomic mass is 32.1. The van der Waals surface area contributed by atoms with Crippen LogP contribution in [0.25, 0.3) is 0 Å². The van der Waals surface area contributed by atoms with E-state index in [1.807, 2.05) is 19.9 Å². The van der Waals surface area contributed by atoms with Gasteiger partial charge in [-0.25, -0.2) is 0 Å². The van der Waals surface area contributed by atoms with Crippen molar-refractivity contribution in [1.82, 2.24) is 0 Å². The Labute approximate surface area is 75.1 Å². The normalized spacial score (nSPS) is 14.6. The molecule has 1 aliphatic rings. The summed E-state index contributed by atoms with van der Waals surface area (Å²) in [6.07, 6.45) is 11.5. The smallest absolute Gasteiger partial charge is 0.0119 e. The van der Waals surface area contributed by atoms with Crippen LogP contribution in [0.4, 0.5) is 0 Å². The summed E-state index contributed by atoms with van der Waals surface area (Å²) in [5, 5.41) is 0. The SMILES string of the molecule is CC.SCC1=CC=CC=CC1. The number of hydrogen-bond acceptors (Lipinski definition) is 1. The molecular weight excluding hydrogens is 152 g/mol. The molecule has 0 radical (unpaired) electrons. The molecular formula is C10H16S. The molecule has 1 aliphatic carbocycles. The second-order valence-electron chi connectivity index (χ2n) is 2.00. The third-order valence-electron chi connectivity index (χ3n) is 1.27. The van der Waals surface area contributed by atoms with Crippen molar-refractivity contribution >= 4 is 12.6 Å². The molecule has 62 valence electrons. The maximum atomic E-state index is 4.18. The van der Waals surface area contributed by atoms with Crippen molar-refractivity contribution < 1.29 is 0 Å². The fourth-order valence-corrected chi connectivity index (χ4v) is 0.974. The lowest BCUT2D eigenvalue weighted by atomic mass is 10.2. The van der Waals surface area contributed by atoms with Crippen LogP contribution in [-0.2, 0) is 0 Å². The Hall–Kier alpha value is -0.430. The van der Waals surface area contributed by atoms with E-state index in [2.05, 4.69) is 36.9 Å². The second kappa shape index (κ2) is 7.67. The molecule has 0 bridgehead atoms. The van der Waals surface area contributed by atoms with Gasteiger partial charge in [-0.1, -0.05) is 49.8 Å². The van der Waals surface area contributed by atoms with Crippen molar-refractivity contribution in [3.63, 3.8) is 0 Å². The summed E-state index contributed by atoms with van der Waals surface area (Å²) >= 11 is 4.18. The van der Waals surface area contributed by atoms with Gasteiger partial charge in [0, 0.05) is 5.75 Å². The Morgan fingerprint density at radius 1 is 1.27 bits per heavy atom. The zero-order chi connectivity index (χ0) is 8.53. The standard InChI is InChI=1S/C8H10S.C2H6/c9-7-8-5-3-1-2-4-6-8;1-2/h1-5,9H,6-7H2;1-2H3. The number of rotatable bonds is 1. The molecule has 0 aromatic heterocycles.